The Kier molecular flexibility index (Phi) is 4.75. The van der Waals surface area contributed by atoms with Crippen LogP contribution in [0.1, 0.15) is 50.3 Å². The van der Waals surface area contributed by atoms with Crippen LogP contribution in [0.25, 0.3) is 22.2 Å². The van der Waals surface area contributed by atoms with Gasteiger partial charge in [-0.3, -0.25) is 4.99 Å². The number of hydrogen-bond donors (Lipinski definition) is 1. The van der Waals surface area contributed by atoms with Crippen LogP contribution in [0.5, 0.6) is 0 Å². The maximum absolute atomic E-state index is 9.54. The third-order valence-corrected chi connectivity index (χ3v) is 7.28. The minimum atomic E-state index is 0.248. The van der Waals surface area contributed by atoms with E-state index in [1.807, 2.05) is 12.5 Å². The number of benzene rings is 1. The van der Waals surface area contributed by atoms with Gasteiger partial charge in [-0.05, 0) is 43.0 Å². The molecule has 1 saturated heterocycles. The van der Waals surface area contributed by atoms with E-state index in [0.29, 0.717) is 12.0 Å². The third kappa shape index (κ3) is 3.33. The Bertz CT molecular complexity index is 1140. The van der Waals surface area contributed by atoms with E-state index < -0.39 is 0 Å². The zero-order chi connectivity index (χ0) is 20.8. The average Bonchev–Trinajstić information content (AvgIpc) is 3.57. The molecule has 1 aliphatic carbocycles. The summed E-state index contributed by atoms with van der Waals surface area (Å²) in [4.78, 5) is 16.6. The lowest BCUT2D eigenvalue weighted by Gasteiger charge is -2.23. The fraction of sp³-hybridized carbons (Fsp3) is 0.480. The molecule has 6 nitrogen and oxygen atoms in total. The van der Waals surface area contributed by atoms with Gasteiger partial charge in [0.05, 0.1) is 28.7 Å². The van der Waals surface area contributed by atoms with Crippen LogP contribution in [-0.4, -0.2) is 45.6 Å². The molecule has 1 aromatic carbocycles. The van der Waals surface area contributed by atoms with Crippen LogP contribution in [0.4, 0.5) is 11.5 Å². The number of imidazole rings is 1. The normalized spacial score (nSPS) is 21.3. The Morgan fingerprint density at radius 2 is 1.97 bits per heavy atom. The molecule has 4 heterocycles. The van der Waals surface area contributed by atoms with Gasteiger partial charge in [0.1, 0.15) is 5.82 Å². The molecule has 31 heavy (non-hydrogen) atoms. The number of fused-ring (bicyclic) bond motifs is 2. The number of pyridine rings is 1. The Hall–Kier alpha value is -2.73. The lowest BCUT2D eigenvalue weighted by Crippen LogP contribution is -2.22. The van der Waals surface area contributed by atoms with Crippen molar-refractivity contribution in [2.45, 2.75) is 51.0 Å². The second-order valence-corrected chi connectivity index (χ2v) is 9.27. The predicted octanol–water partition coefficient (Wildman–Crippen LogP) is 4.68. The predicted molar refractivity (Wildman–Crippen MR) is 124 cm³/mol. The summed E-state index contributed by atoms with van der Waals surface area (Å²) in [6, 6.07) is 9.43. The average molecular weight is 416 g/mol. The molecular formula is C25H29N5O. The number of nitrogens with zero attached hydrogens (tertiary/aromatic N) is 5. The number of hydrogen-bond acceptors (Lipinski definition) is 5. The number of aromatic nitrogens is 3. The number of aliphatic hydroxyl groups is 1. The highest BCUT2D eigenvalue weighted by Gasteiger charge is 2.26. The Labute approximate surface area is 182 Å². The molecule has 2 aliphatic heterocycles. The van der Waals surface area contributed by atoms with Gasteiger partial charge >= 0.3 is 0 Å². The molecule has 2 aromatic heterocycles. The van der Waals surface area contributed by atoms with Gasteiger partial charge in [-0.25, -0.2) is 9.97 Å². The van der Waals surface area contributed by atoms with Crippen molar-refractivity contribution in [1.29, 1.82) is 0 Å². The molecular weight excluding hydrogens is 386 g/mol. The van der Waals surface area contributed by atoms with Crippen LogP contribution in [-0.2, 0) is 6.42 Å². The molecule has 6 heteroatoms. The highest BCUT2D eigenvalue weighted by atomic mass is 16.3. The summed E-state index contributed by atoms with van der Waals surface area (Å²) in [6.45, 7) is 2.06. The molecule has 3 aliphatic rings. The molecule has 0 radical (unpaired) electrons. The van der Waals surface area contributed by atoms with E-state index in [1.54, 1.807) is 0 Å². The summed E-state index contributed by atoms with van der Waals surface area (Å²) in [7, 11) is 0. The SMILES string of the molecule is OC[C@H]1CCN(c2cc(-c3ccc4c(c3)ncn4C3CCCCC3)c3c(n2)CC=N3)C1. The minimum absolute atomic E-state index is 0.248. The van der Waals surface area contributed by atoms with E-state index in [2.05, 4.69) is 38.7 Å². The zero-order valence-electron chi connectivity index (χ0n) is 17.9. The lowest BCUT2D eigenvalue weighted by atomic mass is 9.95. The minimum Gasteiger partial charge on any atom is -0.396 e. The largest absolute Gasteiger partial charge is 0.396 e. The molecule has 2 fully saturated rings. The van der Waals surface area contributed by atoms with Crippen molar-refractivity contribution in [3.05, 3.63) is 36.3 Å². The molecule has 0 unspecified atom stereocenters. The molecule has 1 N–H and O–H groups in total. The number of aliphatic hydroxyl groups excluding tert-OH is 1. The summed E-state index contributed by atoms with van der Waals surface area (Å²) >= 11 is 0. The number of aliphatic imine (C=N–C) groups is 1. The number of anilines is 1. The van der Waals surface area contributed by atoms with Crippen molar-refractivity contribution >= 4 is 28.8 Å². The smallest absolute Gasteiger partial charge is 0.129 e. The van der Waals surface area contributed by atoms with Crippen molar-refractivity contribution in [3.8, 4) is 11.1 Å². The van der Waals surface area contributed by atoms with Crippen LogP contribution in [0.3, 0.4) is 0 Å². The summed E-state index contributed by atoms with van der Waals surface area (Å²) in [6.07, 6.45) is 12.3. The van der Waals surface area contributed by atoms with Crippen LogP contribution in [0, 0.1) is 5.92 Å². The van der Waals surface area contributed by atoms with Crippen molar-refractivity contribution in [3.63, 3.8) is 0 Å². The number of rotatable bonds is 4. The highest BCUT2D eigenvalue weighted by Crippen LogP contribution is 2.40. The highest BCUT2D eigenvalue weighted by molar-refractivity contribution is 5.91. The van der Waals surface area contributed by atoms with Crippen molar-refractivity contribution < 1.29 is 5.11 Å². The van der Waals surface area contributed by atoms with Crippen LogP contribution in [0.2, 0.25) is 0 Å². The maximum atomic E-state index is 9.54. The fourth-order valence-electron chi connectivity index (χ4n) is 5.51. The molecule has 1 atom stereocenters. The van der Waals surface area contributed by atoms with Gasteiger partial charge in [0.25, 0.3) is 0 Å². The Balaban J connectivity index is 1.39. The first-order valence-corrected chi connectivity index (χ1v) is 11.7. The van der Waals surface area contributed by atoms with Gasteiger partial charge in [-0.1, -0.05) is 25.3 Å². The monoisotopic (exact) mass is 415 g/mol. The molecule has 160 valence electrons. The van der Waals surface area contributed by atoms with E-state index in [1.165, 1.54) is 37.6 Å². The second kappa shape index (κ2) is 7.75. The Morgan fingerprint density at radius 1 is 1.06 bits per heavy atom. The topological polar surface area (TPSA) is 66.5 Å². The first-order valence-electron chi connectivity index (χ1n) is 11.7. The van der Waals surface area contributed by atoms with Gasteiger partial charge in [-0.15, -0.1) is 0 Å². The molecule has 3 aromatic rings. The summed E-state index contributed by atoms with van der Waals surface area (Å²) in [5, 5.41) is 9.54. The molecule has 6 rings (SSSR count). The van der Waals surface area contributed by atoms with E-state index in [9.17, 15) is 5.11 Å². The van der Waals surface area contributed by atoms with Crippen LogP contribution < -0.4 is 4.90 Å². The van der Waals surface area contributed by atoms with Gasteiger partial charge in [0.2, 0.25) is 0 Å². The maximum Gasteiger partial charge on any atom is 0.129 e. The van der Waals surface area contributed by atoms with Crippen molar-refractivity contribution in [2.24, 2.45) is 10.9 Å². The van der Waals surface area contributed by atoms with E-state index in [4.69, 9.17) is 9.97 Å². The van der Waals surface area contributed by atoms with Crippen LogP contribution >= 0.6 is 0 Å². The van der Waals surface area contributed by atoms with E-state index in [0.717, 1.165) is 59.8 Å². The third-order valence-electron chi connectivity index (χ3n) is 7.28. The first kappa shape index (κ1) is 19.0. The van der Waals surface area contributed by atoms with Crippen molar-refractivity contribution in [2.75, 3.05) is 24.6 Å². The van der Waals surface area contributed by atoms with Gasteiger partial charge in [-0.2, -0.15) is 0 Å². The summed E-state index contributed by atoms with van der Waals surface area (Å²) < 4.78 is 2.39. The standard InChI is InChI=1S/C25H29N5O/c31-15-17-9-11-29(14-17)24-13-20(25-21(28-24)8-10-26-25)18-6-7-23-22(12-18)27-16-30(23)19-4-2-1-3-5-19/h6-7,10,12-13,16-17,19,31H,1-5,8-9,11,14-15H2/t17-/m0/s1. The molecule has 0 amide bonds. The molecule has 0 bridgehead atoms. The van der Waals surface area contributed by atoms with Gasteiger partial charge < -0.3 is 14.6 Å². The second-order valence-electron chi connectivity index (χ2n) is 9.27. The quantitative estimate of drug-likeness (QED) is 0.672. The van der Waals surface area contributed by atoms with Crippen molar-refractivity contribution in [1.82, 2.24) is 14.5 Å². The summed E-state index contributed by atoms with van der Waals surface area (Å²) in [5.74, 6) is 1.35. The van der Waals surface area contributed by atoms with E-state index in [-0.39, 0.29) is 6.61 Å². The van der Waals surface area contributed by atoms with E-state index >= 15 is 0 Å². The molecule has 1 saturated carbocycles. The van der Waals surface area contributed by atoms with Crippen LogP contribution in [0.15, 0.2) is 35.6 Å². The van der Waals surface area contributed by atoms with Gasteiger partial charge in [0.15, 0.2) is 0 Å². The Morgan fingerprint density at radius 3 is 2.81 bits per heavy atom. The first-order chi connectivity index (χ1) is 15.3. The molecule has 0 spiro atoms. The lowest BCUT2D eigenvalue weighted by molar-refractivity contribution is 0.238. The summed E-state index contributed by atoms with van der Waals surface area (Å²) in [5.41, 5.74) is 6.61. The fourth-order valence-corrected chi connectivity index (χ4v) is 5.51. The zero-order valence-corrected chi connectivity index (χ0v) is 17.9. The van der Waals surface area contributed by atoms with Gasteiger partial charge in [0, 0.05) is 49.9 Å².